The van der Waals surface area contributed by atoms with E-state index in [2.05, 4.69) is 21.6 Å². The normalized spacial score (nSPS) is 10.9. The second-order valence-corrected chi connectivity index (χ2v) is 7.61. The number of aryl methyl sites for hydroxylation is 1. The van der Waals surface area contributed by atoms with Gasteiger partial charge < -0.3 is 10.1 Å². The van der Waals surface area contributed by atoms with Gasteiger partial charge in [-0.25, -0.2) is 0 Å². The van der Waals surface area contributed by atoms with E-state index in [1.165, 1.54) is 4.57 Å². The predicted octanol–water partition coefficient (Wildman–Crippen LogP) is 3.64. The third-order valence-corrected chi connectivity index (χ3v) is 5.46. The Labute approximate surface area is 189 Å². The van der Waals surface area contributed by atoms with Crippen LogP contribution in [0, 0.1) is 11.3 Å². The zero-order valence-electron chi connectivity index (χ0n) is 17.9. The molecule has 0 saturated carbocycles. The van der Waals surface area contributed by atoms with E-state index in [-0.39, 0.29) is 5.56 Å². The predicted molar refractivity (Wildman–Crippen MR) is 125 cm³/mol. The molecule has 0 spiro atoms. The molecule has 2 heterocycles. The van der Waals surface area contributed by atoms with Gasteiger partial charge in [0.25, 0.3) is 5.56 Å². The van der Waals surface area contributed by atoms with Gasteiger partial charge in [0.2, 0.25) is 5.78 Å². The second-order valence-electron chi connectivity index (χ2n) is 7.61. The topological polar surface area (TPSA) is 97.2 Å². The quantitative estimate of drug-likeness (QED) is 0.436. The van der Waals surface area contributed by atoms with Crippen LogP contribution in [-0.4, -0.2) is 19.2 Å². The third kappa shape index (κ3) is 3.88. The first-order valence-electron chi connectivity index (χ1n) is 10.4. The first-order valence-corrected chi connectivity index (χ1v) is 10.4. The van der Waals surface area contributed by atoms with Crippen molar-refractivity contribution >= 4 is 22.4 Å². The molecule has 1 N–H and O–H groups in total. The number of para-hydroxylation sites is 1. The molecule has 0 fully saturated rings. The monoisotopic (exact) mass is 436 g/mol. The Morgan fingerprint density at radius 1 is 1.03 bits per heavy atom. The lowest BCUT2D eigenvalue weighted by atomic mass is 10.1. The van der Waals surface area contributed by atoms with Crippen molar-refractivity contribution in [3.63, 3.8) is 0 Å². The minimum atomic E-state index is -0.0973. The summed E-state index contributed by atoms with van der Waals surface area (Å²) in [4.78, 5) is 12.6. The highest BCUT2D eigenvalue weighted by Gasteiger charge is 2.14. The van der Waals surface area contributed by atoms with Crippen LogP contribution in [0.1, 0.15) is 17.0 Å². The van der Waals surface area contributed by atoms with Crippen molar-refractivity contribution in [2.75, 3.05) is 5.32 Å². The van der Waals surface area contributed by atoms with Gasteiger partial charge in [0.1, 0.15) is 12.4 Å². The molecule has 8 heteroatoms. The molecule has 3 aromatic carbocycles. The molecule has 0 aliphatic carbocycles. The van der Waals surface area contributed by atoms with Gasteiger partial charge in [-0.3, -0.25) is 13.8 Å². The Morgan fingerprint density at radius 2 is 1.85 bits per heavy atom. The summed E-state index contributed by atoms with van der Waals surface area (Å²) < 4.78 is 9.24. The van der Waals surface area contributed by atoms with E-state index >= 15 is 0 Å². The number of nitriles is 1. The Kier molecular flexibility index (Phi) is 5.21. The van der Waals surface area contributed by atoms with Crippen LogP contribution >= 0.6 is 0 Å². The number of fused-ring (bicyclic) bond motifs is 3. The Morgan fingerprint density at radius 3 is 2.67 bits per heavy atom. The van der Waals surface area contributed by atoms with E-state index in [1.54, 1.807) is 13.1 Å². The Bertz CT molecular complexity index is 1560. The fraction of sp³-hybridized carbons (Fsp3) is 0.120. The van der Waals surface area contributed by atoms with Crippen LogP contribution < -0.4 is 15.6 Å². The van der Waals surface area contributed by atoms with Crippen LogP contribution in [0.15, 0.2) is 77.6 Å². The summed E-state index contributed by atoms with van der Waals surface area (Å²) in [5, 5.41) is 21.5. The summed E-state index contributed by atoms with van der Waals surface area (Å²) in [6.07, 6.45) is 0. The number of ether oxygens (including phenoxy) is 1. The molecule has 33 heavy (non-hydrogen) atoms. The van der Waals surface area contributed by atoms with Crippen molar-refractivity contribution in [1.82, 2.24) is 19.2 Å². The Balaban J connectivity index is 1.31. The van der Waals surface area contributed by atoms with Crippen LogP contribution in [0.5, 0.6) is 5.75 Å². The van der Waals surface area contributed by atoms with Crippen molar-refractivity contribution in [3.8, 4) is 11.8 Å². The molecule has 162 valence electrons. The number of aromatic nitrogens is 4. The van der Waals surface area contributed by atoms with Crippen LogP contribution in [0.4, 0.5) is 5.69 Å². The smallest absolute Gasteiger partial charge is 0.262 e. The number of rotatable bonds is 6. The third-order valence-electron chi connectivity index (χ3n) is 5.46. The highest BCUT2D eigenvalue weighted by atomic mass is 16.5. The van der Waals surface area contributed by atoms with Crippen LogP contribution in [0.3, 0.4) is 0 Å². The van der Waals surface area contributed by atoms with Crippen molar-refractivity contribution in [2.45, 2.75) is 13.2 Å². The zero-order valence-corrected chi connectivity index (χ0v) is 17.9. The molecule has 0 aliphatic rings. The molecule has 5 rings (SSSR count). The fourth-order valence-corrected chi connectivity index (χ4v) is 3.75. The maximum absolute atomic E-state index is 12.6. The van der Waals surface area contributed by atoms with E-state index in [0.29, 0.717) is 35.7 Å². The summed E-state index contributed by atoms with van der Waals surface area (Å²) in [7, 11) is 1.70. The van der Waals surface area contributed by atoms with Crippen LogP contribution in [0.25, 0.3) is 16.7 Å². The van der Waals surface area contributed by atoms with Crippen molar-refractivity contribution in [3.05, 3.63) is 100 Å². The largest absolute Gasteiger partial charge is 0.489 e. The lowest BCUT2D eigenvalue weighted by molar-refractivity contribution is 0.306. The molecule has 0 atom stereocenters. The average molecular weight is 436 g/mol. The van der Waals surface area contributed by atoms with E-state index in [9.17, 15) is 4.79 Å². The SMILES string of the molecule is Cn1c(=O)c2ccccc2n2c(CNc3ccc(OCc4cccc(C#N)c4)cc3)nnc12. The van der Waals surface area contributed by atoms with Gasteiger partial charge in [0.15, 0.2) is 5.82 Å². The number of nitrogens with zero attached hydrogens (tertiary/aromatic N) is 5. The Hall–Kier alpha value is -4.64. The van der Waals surface area contributed by atoms with Gasteiger partial charge in [0.05, 0.1) is 29.1 Å². The van der Waals surface area contributed by atoms with Crippen LogP contribution in [-0.2, 0) is 20.2 Å². The van der Waals surface area contributed by atoms with Gasteiger partial charge in [0, 0.05) is 12.7 Å². The molecule has 0 bridgehead atoms. The maximum Gasteiger partial charge on any atom is 0.262 e. The second kappa shape index (κ2) is 8.48. The molecule has 0 radical (unpaired) electrons. The molecule has 0 saturated heterocycles. The number of benzene rings is 3. The number of hydrogen-bond donors (Lipinski definition) is 1. The standard InChI is InChI=1S/C25H20N6O2/c1-30-24(32)21-7-2-3-8-22(21)31-23(28-29-25(30)31)15-27-19-9-11-20(12-10-19)33-16-18-6-4-5-17(13-18)14-26/h2-13,27H,15-16H2,1H3. The highest BCUT2D eigenvalue weighted by molar-refractivity contribution is 5.80. The first-order chi connectivity index (χ1) is 16.1. The average Bonchev–Trinajstić information content (AvgIpc) is 3.30. The number of anilines is 1. The first kappa shape index (κ1) is 20.3. The van der Waals surface area contributed by atoms with Gasteiger partial charge in [-0.15, -0.1) is 10.2 Å². The number of hydrogen-bond acceptors (Lipinski definition) is 6. The highest BCUT2D eigenvalue weighted by Crippen LogP contribution is 2.19. The van der Waals surface area contributed by atoms with E-state index in [4.69, 9.17) is 10.00 Å². The molecule has 0 aliphatic heterocycles. The number of nitrogens with one attached hydrogen (secondary N) is 1. The summed E-state index contributed by atoms with van der Waals surface area (Å²) in [6.45, 7) is 0.824. The van der Waals surface area contributed by atoms with Crippen molar-refractivity contribution < 1.29 is 4.74 Å². The van der Waals surface area contributed by atoms with Gasteiger partial charge in [-0.1, -0.05) is 24.3 Å². The van der Waals surface area contributed by atoms with Gasteiger partial charge >= 0.3 is 0 Å². The van der Waals surface area contributed by atoms with Gasteiger partial charge in [-0.2, -0.15) is 5.26 Å². The van der Waals surface area contributed by atoms with Crippen LogP contribution in [0.2, 0.25) is 0 Å². The van der Waals surface area contributed by atoms with E-state index < -0.39 is 0 Å². The summed E-state index contributed by atoms with van der Waals surface area (Å²) in [5.74, 6) is 1.94. The summed E-state index contributed by atoms with van der Waals surface area (Å²) >= 11 is 0. The van der Waals surface area contributed by atoms with Gasteiger partial charge in [-0.05, 0) is 54.1 Å². The minimum Gasteiger partial charge on any atom is -0.489 e. The fourth-order valence-electron chi connectivity index (χ4n) is 3.75. The van der Waals surface area contributed by atoms with Crippen molar-refractivity contribution in [2.24, 2.45) is 7.05 Å². The summed E-state index contributed by atoms with van der Waals surface area (Å²) in [5.41, 5.74) is 3.14. The zero-order chi connectivity index (χ0) is 22.8. The molecule has 2 aromatic heterocycles. The van der Waals surface area contributed by atoms with E-state index in [1.807, 2.05) is 71.1 Å². The molecule has 0 unspecified atom stereocenters. The van der Waals surface area contributed by atoms with Crippen molar-refractivity contribution in [1.29, 1.82) is 5.26 Å². The lowest BCUT2D eigenvalue weighted by Crippen LogP contribution is -2.20. The molecular weight excluding hydrogens is 416 g/mol. The molecule has 0 amide bonds. The molecule has 8 nitrogen and oxygen atoms in total. The molecular formula is C25H20N6O2. The lowest BCUT2D eigenvalue weighted by Gasteiger charge is -2.10. The minimum absolute atomic E-state index is 0.0973. The van der Waals surface area contributed by atoms with E-state index in [0.717, 1.165) is 22.5 Å². The molecule has 5 aromatic rings. The summed E-state index contributed by atoms with van der Waals surface area (Å²) in [6, 6.07) is 24.6. The maximum atomic E-state index is 12.6.